The Labute approximate surface area is 120 Å². The Balaban J connectivity index is 2.27. The fourth-order valence-electron chi connectivity index (χ4n) is 2.59. The molecule has 0 saturated carbocycles. The van der Waals surface area contributed by atoms with Crippen molar-refractivity contribution in [2.45, 2.75) is 39.0 Å². The minimum atomic E-state index is 0.533. The van der Waals surface area contributed by atoms with Crippen molar-refractivity contribution in [3.63, 3.8) is 0 Å². The molecule has 100 valence electrons. The minimum Gasteiger partial charge on any atom is -0.265 e. The molecule has 1 aromatic heterocycles. The first-order chi connectivity index (χ1) is 9.22. The molecule has 0 N–H and O–H groups in total. The molecule has 0 aliphatic rings. The Morgan fingerprint density at radius 2 is 1.89 bits per heavy atom. The van der Waals surface area contributed by atoms with Gasteiger partial charge in [-0.1, -0.05) is 37.1 Å². The van der Waals surface area contributed by atoms with Crippen molar-refractivity contribution < 1.29 is 0 Å². The van der Waals surface area contributed by atoms with E-state index < -0.39 is 0 Å². The summed E-state index contributed by atoms with van der Waals surface area (Å²) in [5.74, 6) is 0.533. The normalized spacial score (nSPS) is 12.4. The van der Waals surface area contributed by atoms with Gasteiger partial charge in [0.2, 0.25) is 0 Å². The number of aromatic nitrogens is 1. The Bertz CT molecular complexity index is 522. The van der Waals surface area contributed by atoms with E-state index in [1.165, 1.54) is 29.5 Å². The number of pyridine rings is 1. The average Bonchev–Trinajstić information content (AvgIpc) is 2.43. The fourth-order valence-corrected chi connectivity index (χ4v) is 2.77. The number of hydrogen-bond donors (Lipinski definition) is 0. The Morgan fingerprint density at radius 3 is 2.58 bits per heavy atom. The molecule has 2 heteroatoms. The second-order valence-corrected chi connectivity index (χ2v) is 5.41. The van der Waals surface area contributed by atoms with Crippen LogP contribution in [-0.2, 0) is 6.42 Å². The standard InChI is InChI=1S/C17H20ClN/c1-3-5-15(12-14-8-10-19-11-9-14)16-6-4-7-17(18)13(16)2/h4,6-11,15H,3,5,12H2,1-2H3. The molecule has 2 aromatic rings. The van der Waals surface area contributed by atoms with Gasteiger partial charge in [-0.2, -0.15) is 0 Å². The van der Waals surface area contributed by atoms with Crippen LogP contribution < -0.4 is 0 Å². The van der Waals surface area contributed by atoms with Gasteiger partial charge in [-0.25, -0.2) is 0 Å². The third kappa shape index (κ3) is 3.57. The average molecular weight is 274 g/mol. The summed E-state index contributed by atoms with van der Waals surface area (Å²) in [6.45, 7) is 4.35. The summed E-state index contributed by atoms with van der Waals surface area (Å²) in [6.07, 6.45) is 7.15. The Hall–Kier alpha value is -1.34. The number of halogens is 1. The topological polar surface area (TPSA) is 12.9 Å². The maximum atomic E-state index is 6.25. The molecule has 1 atom stereocenters. The molecule has 2 rings (SSSR count). The Morgan fingerprint density at radius 1 is 1.16 bits per heavy atom. The molecule has 1 aromatic carbocycles. The fraction of sp³-hybridized carbons (Fsp3) is 0.353. The van der Waals surface area contributed by atoms with Crippen molar-refractivity contribution in [3.8, 4) is 0 Å². The summed E-state index contributed by atoms with van der Waals surface area (Å²) in [5, 5.41) is 0.869. The molecular weight excluding hydrogens is 254 g/mol. The summed E-state index contributed by atoms with van der Waals surface area (Å²) in [5.41, 5.74) is 3.94. The molecule has 1 heterocycles. The van der Waals surface area contributed by atoms with E-state index >= 15 is 0 Å². The molecule has 0 radical (unpaired) electrons. The maximum Gasteiger partial charge on any atom is 0.0438 e. The van der Waals surface area contributed by atoms with Crippen LogP contribution in [0, 0.1) is 6.92 Å². The SMILES string of the molecule is CCCC(Cc1ccncc1)c1cccc(Cl)c1C. The van der Waals surface area contributed by atoms with Crippen LogP contribution in [0.4, 0.5) is 0 Å². The van der Waals surface area contributed by atoms with Crippen molar-refractivity contribution in [2.24, 2.45) is 0 Å². The van der Waals surface area contributed by atoms with Crippen LogP contribution in [0.3, 0.4) is 0 Å². The highest BCUT2D eigenvalue weighted by molar-refractivity contribution is 6.31. The largest absolute Gasteiger partial charge is 0.265 e. The molecule has 0 bridgehead atoms. The van der Waals surface area contributed by atoms with Crippen molar-refractivity contribution in [1.29, 1.82) is 0 Å². The van der Waals surface area contributed by atoms with Crippen LogP contribution in [0.5, 0.6) is 0 Å². The number of nitrogens with zero attached hydrogens (tertiary/aromatic N) is 1. The van der Waals surface area contributed by atoms with Crippen LogP contribution in [-0.4, -0.2) is 4.98 Å². The van der Waals surface area contributed by atoms with E-state index in [1.54, 1.807) is 0 Å². The van der Waals surface area contributed by atoms with E-state index in [4.69, 9.17) is 11.6 Å². The third-order valence-corrected chi connectivity index (χ3v) is 4.03. The summed E-state index contributed by atoms with van der Waals surface area (Å²) >= 11 is 6.25. The minimum absolute atomic E-state index is 0.533. The molecule has 0 saturated heterocycles. The first kappa shape index (κ1) is 14.1. The van der Waals surface area contributed by atoms with Crippen molar-refractivity contribution in [2.75, 3.05) is 0 Å². The second-order valence-electron chi connectivity index (χ2n) is 5.00. The lowest BCUT2D eigenvalue weighted by Gasteiger charge is -2.19. The summed E-state index contributed by atoms with van der Waals surface area (Å²) in [7, 11) is 0. The predicted molar refractivity (Wildman–Crippen MR) is 81.8 cm³/mol. The monoisotopic (exact) mass is 273 g/mol. The Kier molecular flexibility index (Phi) is 4.98. The molecule has 0 amide bonds. The van der Waals surface area contributed by atoms with E-state index in [2.05, 4.69) is 43.1 Å². The molecule has 1 unspecified atom stereocenters. The van der Waals surface area contributed by atoms with Crippen LogP contribution >= 0.6 is 11.6 Å². The number of benzene rings is 1. The van der Waals surface area contributed by atoms with Gasteiger partial charge >= 0.3 is 0 Å². The summed E-state index contributed by atoms with van der Waals surface area (Å²) < 4.78 is 0. The molecule has 0 fully saturated rings. The zero-order valence-corrected chi connectivity index (χ0v) is 12.3. The van der Waals surface area contributed by atoms with Crippen molar-refractivity contribution in [1.82, 2.24) is 4.98 Å². The van der Waals surface area contributed by atoms with E-state index in [9.17, 15) is 0 Å². The van der Waals surface area contributed by atoms with Crippen molar-refractivity contribution >= 4 is 11.6 Å². The van der Waals surface area contributed by atoms with E-state index in [0.29, 0.717) is 5.92 Å². The van der Waals surface area contributed by atoms with Gasteiger partial charge in [0.1, 0.15) is 0 Å². The van der Waals surface area contributed by atoms with Crippen molar-refractivity contribution in [3.05, 3.63) is 64.4 Å². The summed E-state index contributed by atoms with van der Waals surface area (Å²) in [4.78, 5) is 4.08. The number of hydrogen-bond acceptors (Lipinski definition) is 1. The zero-order valence-electron chi connectivity index (χ0n) is 11.6. The lowest BCUT2D eigenvalue weighted by atomic mass is 9.86. The van der Waals surface area contributed by atoms with Gasteiger partial charge in [-0.15, -0.1) is 0 Å². The quantitative estimate of drug-likeness (QED) is 0.732. The van der Waals surface area contributed by atoms with Crippen LogP contribution in [0.25, 0.3) is 0 Å². The lowest BCUT2D eigenvalue weighted by Crippen LogP contribution is -2.05. The van der Waals surface area contributed by atoms with Gasteiger partial charge in [0.15, 0.2) is 0 Å². The van der Waals surface area contributed by atoms with Gasteiger partial charge < -0.3 is 0 Å². The first-order valence-electron chi connectivity index (χ1n) is 6.86. The molecule has 1 nitrogen and oxygen atoms in total. The first-order valence-corrected chi connectivity index (χ1v) is 7.24. The third-order valence-electron chi connectivity index (χ3n) is 3.62. The van der Waals surface area contributed by atoms with Crippen LogP contribution in [0.2, 0.25) is 5.02 Å². The molecule has 0 aliphatic heterocycles. The highest BCUT2D eigenvalue weighted by atomic mass is 35.5. The number of rotatable bonds is 5. The predicted octanol–water partition coefficient (Wildman–Crippen LogP) is 5.17. The molecule has 0 spiro atoms. The summed E-state index contributed by atoms with van der Waals surface area (Å²) in [6, 6.07) is 10.4. The highest BCUT2D eigenvalue weighted by Crippen LogP contribution is 2.31. The van der Waals surface area contributed by atoms with Crippen LogP contribution in [0.15, 0.2) is 42.7 Å². The highest BCUT2D eigenvalue weighted by Gasteiger charge is 2.15. The lowest BCUT2D eigenvalue weighted by molar-refractivity contribution is 0.607. The van der Waals surface area contributed by atoms with Gasteiger partial charge in [-0.3, -0.25) is 4.98 Å². The smallest absolute Gasteiger partial charge is 0.0438 e. The zero-order chi connectivity index (χ0) is 13.7. The van der Waals surface area contributed by atoms with Gasteiger partial charge in [-0.05, 0) is 60.6 Å². The molecule has 19 heavy (non-hydrogen) atoms. The molecular formula is C17H20ClN. The van der Waals surface area contributed by atoms with E-state index in [1.807, 2.05) is 18.5 Å². The van der Waals surface area contributed by atoms with E-state index in [0.717, 1.165) is 11.4 Å². The molecule has 0 aliphatic carbocycles. The van der Waals surface area contributed by atoms with Gasteiger partial charge in [0, 0.05) is 17.4 Å². The second kappa shape index (κ2) is 6.72. The maximum absolute atomic E-state index is 6.25. The van der Waals surface area contributed by atoms with Gasteiger partial charge in [0.05, 0.1) is 0 Å². The van der Waals surface area contributed by atoms with Gasteiger partial charge in [0.25, 0.3) is 0 Å². The van der Waals surface area contributed by atoms with E-state index in [-0.39, 0.29) is 0 Å². The van der Waals surface area contributed by atoms with Crippen LogP contribution in [0.1, 0.15) is 42.4 Å².